The summed E-state index contributed by atoms with van der Waals surface area (Å²) in [5.74, 6) is 0. The van der Waals surface area contributed by atoms with Crippen molar-refractivity contribution in [2.24, 2.45) is 0 Å². The number of benzene rings is 2. The molecule has 1 aromatic heterocycles. The first-order valence-corrected chi connectivity index (χ1v) is 5.71. The van der Waals surface area contributed by atoms with Crippen molar-refractivity contribution in [3.05, 3.63) is 46.4 Å². The lowest BCUT2D eigenvalue weighted by molar-refractivity contribution is 1.48. The molecule has 0 aliphatic carbocycles. The summed E-state index contributed by atoms with van der Waals surface area (Å²) in [5.41, 5.74) is 3.67. The van der Waals surface area contributed by atoms with Crippen LogP contribution in [0.4, 0.5) is 0 Å². The van der Waals surface area contributed by atoms with Crippen molar-refractivity contribution in [3.8, 4) is 0 Å². The number of para-hydroxylation sites is 1. The molecular formula is C13H10BrN. The Labute approximate surface area is 96.2 Å². The second kappa shape index (κ2) is 3.11. The van der Waals surface area contributed by atoms with Crippen molar-refractivity contribution in [2.45, 2.75) is 6.92 Å². The quantitative estimate of drug-likeness (QED) is 0.617. The molecule has 15 heavy (non-hydrogen) atoms. The van der Waals surface area contributed by atoms with E-state index in [9.17, 15) is 0 Å². The zero-order valence-corrected chi connectivity index (χ0v) is 9.93. The summed E-state index contributed by atoms with van der Waals surface area (Å²) < 4.78 is 1.12. The zero-order chi connectivity index (χ0) is 10.4. The van der Waals surface area contributed by atoms with Crippen molar-refractivity contribution in [1.29, 1.82) is 0 Å². The summed E-state index contributed by atoms with van der Waals surface area (Å²) in [5, 5.41) is 2.58. The summed E-state index contributed by atoms with van der Waals surface area (Å²) in [4.78, 5) is 3.43. The van der Waals surface area contributed by atoms with Gasteiger partial charge >= 0.3 is 0 Å². The third-order valence-electron chi connectivity index (χ3n) is 2.74. The van der Waals surface area contributed by atoms with Gasteiger partial charge in [-0.3, -0.25) is 0 Å². The first-order chi connectivity index (χ1) is 7.25. The highest BCUT2D eigenvalue weighted by Crippen LogP contribution is 2.30. The van der Waals surface area contributed by atoms with Gasteiger partial charge in [-0.1, -0.05) is 23.8 Å². The molecule has 2 aromatic carbocycles. The van der Waals surface area contributed by atoms with E-state index >= 15 is 0 Å². The minimum absolute atomic E-state index is 1.12. The molecule has 3 rings (SSSR count). The van der Waals surface area contributed by atoms with E-state index in [0.717, 1.165) is 4.47 Å². The second-order valence-corrected chi connectivity index (χ2v) is 4.69. The van der Waals surface area contributed by atoms with Crippen molar-refractivity contribution < 1.29 is 0 Å². The highest BCUT2D eigenvalue weighted by molar-refractivity contribution is 9.10. The lowest BCUT2D eigenvalue weighted by Crippen LogP contribution is -1.70. The van der Waals surface area contributed by atoms with E-state index in [1.54, 1.807) is 0 Å². The van der Waals surface area contributed by atoms with E-state index < -0.39 is 0 Å². The van der Waals surface area contributed by atoms with Crippen LogP contribution in [0.2, 0.25) is 0 Å². The van der Waals surface area contributed by atoms with Crippen molar-refractivity contribution in [2.75, 3.05) is 0 Å². The number of nitrogens with one attached hydrogen (secondary N) is 1. The summed E-state index contributed by atoms with van der Waals surface area (Å²) in [6, 6.07) is 12.8. The molecular weight excluding hydrogens is 250 g/mol. The highest BCUT2D eigenvalue weighted by atomic mass is 79.9. The molecule has 0 unspecified atom stereocenters. The van der Waals surface area contributed by atoms with E-state index in [2.05, 4.69) is 64.2 Å². The molecule has 1 heterocycles. The fourth-order valence-electron chi connectivity index (χ4n) is 2.00. The maximum absolute atomic E-state index is 3.56. The van der Waals surface area contributed by atoms with Crippen LogP contribution in [0, 0.1) is 6.92 Å². The molecule has 0 aliphatic heterocycles. The van der Waals surface area contributed by atoms with Gasteiger partial charge in [0.25, 0.3) is 0 Å². The predicted octanol–water partition coefficient (Wildman–Crippen LogP) is 4.39. The Morgan fingerprint density at radius 3 is 2.80 bits per heavy atom. The van der Waals surface area contributed by atoms with Crippen LogP contribution in [-0.4, -0.2) is 4.98 Å². The van der Waals surface area contributed by atoms with E-state index in [4.69, 9.17) is 0 Å². The number of H-pyrrole nitrogens is 1. The minimum Gasteiger partial charge on any atom is -0.354 e. The standard InChI is InChI=1S/C13H10BrN/c1-8-5-6-12-10(7-8)9-3-2-4-11(14)13(9)15-12/h2-7,15H,1H3. The number of hydrogen-bond acceptors (Lipinski definition) is 0. The molecule has 3 aromatic rings. The van der Waals surface area contributed by atoms with Crippen LogP contribution in [0.5, 0.6) is 0 Å². The number of fused-ring (bicyclic) bond motifs is 3. The fraction of sp³-hybridized carbons (Fsp3) is 0.0769. The molecule has 0 saturated carbocycles. The number of halogens is 1. The third-order valence-corrected chi connectivity index (χ3v) is 3.40. The van der Waals surface area contributed by atoms with Crippen LogP contribution in [0.15, 0.2) is 40.9 Å². The van der Waals surface area contributed by atoms with Gasteiger partial charge in [0.15, 0.2) is 0 Å². The molecule has 1 N–H and O–H groups in total. The van der Waals surface area contributed by atoms with Crippen molar-refractivity contribution in [1.82, 2.24) is 4.98 Å². The molecule has 0 radical (unpaired) electrons. The predicted molar refractivity (Wildman–Crippen MR) is 68.2 cm³/mol. The van der Waals surface area contributed by atoms with E-state index in [1.165, 1.54) is 27.4 Å². The van der Waals surface area contributed by atoms with Gasteiger partial charge in [-0.05, 0) is 41.1 Å². The van der Waals surface area contributed by atoms with Crippen LogP contribution in [0.25, 0.3) is 21.8 Å². The first-order valence-electron chi connectivity index (χ1n) is 4.92. The van der Waals surface area contributed by atoms with Gasteiger partial charge in [-0.25, -0.2) is 0 Å². The maximum Gasteiger partial charge on any atom is 0.0609 e. The lowest BCUT2D eigenvalue weighted by Gasteiger charge is -1.93. The summed E-state index contributed by atoms with van der Waals surface area (Å²) >= 11 is 3.56. The average Bonchev–Trinajstić information content (AvgIpc) is 2.58. The van der Waals surface area contributed by atoms with E-state index in [-0.39, 0.29) is 0 Å². The minimum atomic E-state index is 1.12. The van der Waals surface area contributed by atoms with Gasteiger partial charge < -0.3 is 4.98 Å². The smallest absolute Gasteiger partial charge is 0.0609 e. The summed E-state index contributed by atoms with van der Waals surface area (Å²) in [6.45, 7) is 2.12. The zero-order valence-electron chi connectivity index (χ0n) is 8.34. The molecule has 0 saturated heterocycles. The van der Waals surface area contributed by atoms with Gasteiger partial charge in [0, 0.05) is 20.8 Å². The van der Waals surface area contributed by atoms with Crippen molar-refractivity contribution >= 4 is 37.7 Å². The molecule has 0 bridgehead atoms. The van der Waals surface area contributed by atoms with Gasteiger partial charge in [-0.2, -0.15) is 0 Å². The molecule has 0 spiro atoms. The molecule has 1 nitrogen and oxygen atoms in total. The van der Waals surface area contributed by atoms with E-state index in [0.29, 0.717) is 0 Å². The third kappa shape index (κ3) is 1.29. The largest absolute Gasteiger partial charge is 0.354 e. The number of aromatic amines is 1. The number of aromatic nitrogens is 1. The average molecular weight is 260 g/mol. The first kappa shape index (κ1) is 8.98. The van der Waals surface area contributed by atoms with Gasteiger partial charge in [0.2, 0.25) is 0 Å². The fourth-order valence-corrected chi connectivity index (χ4v) is 2.47. The second-order valence-electron chi connectivity index (χ2n) is 3.84. The molecule has 0 aliphatic rings. The lowest BCUT2D eigenvalue weighted by atomic mass is 10.1. The van der Waals surface area contributed by atoms with Gasteiger partial charge in [-0.15, -0.1) is 0 Å². The monoisotopic (exact) mass is 259 g/mol. The molecule has 0 atom stereocenters. The van der Waals surface area contributed by atoms with Crippen LogP contribution in [0.1, 0.15) is 5.56 Å². The van der Waals surface area contributed by atoms with E-state index in [1.807, 2.05) is 0 Å². The Morgan fingerprint density at radius 1 is 1.07 bits per heavy atom. The number of aryl methyl sites for hydroxylation is 1. The SMILES string of the molecule is Cc1ccc2[nH]c3c(Br)cccc3c2c1. The normalized spacial score (nSPS) is 11.3. The topological polar surface area (TPSA) is 15.8 Å². The van der Waals surface area contributed by atoms with Gasteiger partial charge in [0.05, 0.1) is 5.52 Å². The number of hydrogen-bond donors (Lipinski definition) is 1. The van der Waals surface area contributed by atoms with Crippen LogP contribution in [0.3, 0.4) is 0 Å². The summed E-state index contributed by atoms with van der Waals surface area (Å²) in [6.07, 6.45) is 0. The molecule has 74 valence electrons. The van der Waals surface area contributed by atoms with Gasteiger partial charge in [0.1, 0.15) is 0 Å². The Bertz CT molecular complexity index is 652. The van der Waals surface area contributed by atoms with Crippen LogP contribution in [-0.2, 0) is 0 Å². The highest BCUT2D eigenvalue weighted by Gasteiger charge is 2.05. The number of rotatable bonds is 0. The summed E-state index contributed by atoms with van der Waals surface area (Å²) in [7, 11) is 0. The Balaban J connectivity index is 2.58. The van der Waals surface area contributed by atoms with Crippen molar-refractivity contribution in [3.63, 3.8) is 0 Å². The Hall–Kier alpha value is -1.28. The molecule has 0 amide bonds. The maximum atomic E-state index is 3.56. The van der Waals surface area contributed by atoms with Crippen LogP contribution < -0.4 is 0 Å². The molecule has 2 heteroatoms. The molecule has 0 fully saturated rings. The Kier molecular flexibility index (Phi) is 1.86. The Morgan fingerprint density at radius 2 is 1.93 bits per heavy atom. The van der Waals surface area contributed by atoms with Crippen LogP contribution >= 0.6 is 15.9 Å².